The van der Waals surface area contributed by atoms with E-state index in [4.69, 9.17) is 0 Å². The van der Waals surface area contributed by atoms with Crippen LogP contribution in [0.25, 0.3) is 0 Å². The first-order valence-electron chi connectivity index (χ1n) is 6.63. The van der Waals surface area contributed by atoms with Crippen LogP contribution in [0.2, 0.25) is 0 Å². The molecule has 0 amide bonds. The van der Waals surface area contributed by atoms with E-state index in [0.29, 0.717) is 5.92 Å². The van der Waals surface area contributed by atoms with Crippen molar-refractivity contribution in [2.75, 3.05) is 12.3 Å². The molecular formula is C16H19P. The van der Waals surface area contributed by atoms with Gasteiger partial charge in [0.1, 0.15) is 0 Å². The lowest BCUT2D eigenvalue weighted by atomic mass is 10.0. The van der Waals surface area contributed by atoms with Gasteiger partial charge < -0.3 is 0 Å². The minimum atomic E-state index is 0.163. The Labute approximate surface area is 105 Å². The largest absolute Gasteiger partial charge is 0.0787 e. The van der Waals surface area contributed by atoms with Crippen LogP contribution >= 0.6 is 7.92 Å². The van der Waals surface area contributed by atoms with Crippen molar-refractivity contribution in [1.29, 1.82) is 0 Å². The van der Waals surface area contributed by atoms with Crippen molar-refractivity contribution in [3.05, 3.63) is 59.4 Å². The number of hydrogen-bond acceptors (Lipinski definition) is 0. The van der Waals surface area contributed by atoms with E-state index in [9.17, 15) is 0 Å². The third-order valence-electron chi connectivity index (χ3n) is 3.77. The molecule has 1 aromatic carbocycles. The van der Waals surface area contributed by atoms with E-state index in [1.807, 2.05) is 0 Å². The first-order chi connectivity index (χ1) is 8.45. The Morgan fingerprint density at radius 1 is 0.941 bits per heavy atom. The SMILES string of the molecule is C1=CC(c2ccccc2)C(P2CCCCC2)=C1. The van der Waals surface area contributed by atoms with E-state index in [-0.39, 0.29) is 7.92 Å². The molecule has 0 N–H and O–H groups in total. The van der Waals surface area contributed by atoms with Crippen molar-refractivity contribution >= 4 is 7.92 Å². The van der Waals surface area contributed by atoms with Crippen LogP contribution in [0.15, 0.2) is 53.9 Å². The van der Waals surface area contributed by atoms with Gasteiger partial charge in [0.05, 0.1) is 0 Å². The summed E-state index contributed by atoms with van der Waals surface area (Å²) in [5, 5.41) is 1.73. The van der Waals surface area contributed by atoms with Crippen molar-refractivity contribution in [2.45, 2.75) is 25.2 Å². The van der Waals surface area contributed by atoms with E-state index in [1.165, 1.54) is 37.1 Å². The molecule has 1 fully saturated rings. The Hall–Kier alpha value is -0.870. The third kappa shape index (κ3) is 2.38. The van der Waals surface area contributed by atoms with Gasteiger partial charge in [-0.25, -0.2) is 0 Å². The minimum absolute atomic E-state index is 0.163. The summed E-state index contributed by atoms with van der Waals surface area (Å²) in [5.74, 6) is 0.584. The van der Waals surface area contributed by atoms with Crippen LogP contribution in [-0.2, 0) is 0 Å². The minimum Gasteiger partial charge on any atom is -0.0787 e. The Kier molecular flexibility index (Phi) is 3.43. The van der Waals surface area contributed by atoms with Crippen LogP contribution in [0.5, 0.6) is 0 Å². The molecule has 17 heavy (non-hydrogen) atoms. The summed E-state index contributed by atoms with van der Waals surface area (Å²) < 4.78 is 0. The van der Waals surface area contributed by atoms with Gasteiger partial charge in [0.25, 0.3) is 0 Å². The summed E-state index contributed by atoms with van der Waals surface area (Å²) in [6, 6.07) is 11.0. The van der Waals surface area contributed by atoms with Crippen molar-refractivity contribution in [3.8, 4) is 0 Å². The highest BCUT2D eigenvalue weighted by Crippen LogP contribution is 2.56. The second-order valence-electron chi connectivity index (χ2n) is 4.91. The summed E-state index contributed by atoms with van der Waals surface area (Å²) in [6.45, 7) is 0. The summed E-state index contributed by atoms with van der Waals surface area (Å²) in [4.78, 5) is 0. The van der Waals surface area contributed by atoms with Crippen LogP contribution in [0.3, 0.4) is 0 Å². The highest BCUT2D eigenvalue weighted by molar-refractivity contribution is 7.62. The van der Waals surface area contributed by atoms with Crippen molar-refractivity contribution in [2.24, 2.45) is 0 Å². The maximum atomic E-state index is 2.40. The fourth-order valence-electron chi connectivity index (χ4n) is 2.86. The third-order valence-corrected chi connectivity index (χ3v) is 6.64. The normalized spacial score (nSPS) is 24.9. The molecule has 0 nitrogen and oxygen atoms in total. The molecule has 0 aromatic heterocycles. The second kappa shape index (κ2) is 5.19. The van der Waals surface area contributed by atoms with Gasteiger partial charge in [0.2, 0.25) is 0 Å². The number of hydrogen-bond donors (Lipinski definition) is 0. The molecule has 3 rings (SSSR count). The maximum absolute atomic E-state index is 2.40. The first-order valence-corrected chi connectivity index (χ1v) is 8.34. The molecule has 0 bridgehead atoms. The van der Waals surface area contributed by atoms with Crippen LogP contribution in [0.1, 0.15) is 30.7 Å². The predicted octanol–water partition coefficient (Wildman–Crippen LogP) is 4.89. The molecule has 88 valence electrons. The molecule has 1 heterocycles. The van der Waals surface area contributed by atoms with E-state index < -0.39 is 0 Å². The van der Waals surface area contributed by atoms with Crippen LogP contribution < -0.4 is 0 Å². The lowest BCUT2D eigenvalue weighted by Crippen LogP contribution is -2.04. The molecule has 1 saturated heterocycles. The van der Waals surface area contributed by atoms with Crippen molar-refractivity contribution < 1.29 is 0 Å². The highest BCUT2D eigenvalue weighted by atomic mass is 31.1. The Morgan fingerprint density at radius 2 is 1.71 bits per heavy atom. The smallest absolute Gasteiger partial charge is 0.0277 e. The summed E-state index contributed by atoms with van der Waals surface area (Å²) in [6.07, 6.45) is 14.3. The standard InChI is InChI=1S/C16H19P/c1-3-8-14(9-4-1)15-10-7-11-16(15)17-12-5-2-6-13-17/h1,3-4,7-11,15H,2,5-6,12-13H2. The highest BCUT2D eigenvalue weighted by Gasteiger charge is 2.25. The lowest BCUT2D eigenvalue weighted by molar-refractivity contribution is 0.752. The zero-order chi connectivity index (χ0) is 11.5. The molecule has 1 atom stereocenters. The number of rotatable bonds is 2. The number of allylic oxidation sites excluding steroid dienone is 4. The molecule has 0 spiro atoms. The zero-order valence-corrected chi connectivity index (χ0v) is 11.1. The number of benzene rings is 1. The summed E-state index contributed by atoms with van der Waals surface area (Å²) >= 11 is 0. The van der Waals surface area contributed by atoms with Gasteiger partial charge in [-0.05, 0) is 36.0 Å². The van der Waals surface area contributed by atoms with Gasteiger partial charge >= 0.3 is 0 Å². The molecule has 1 unspecified atom stereocenters. The van der Waals surface area contributed by atoms with Gasteiger partial charge in [0.15, 0.2) is 0 Å². The van der Waals surface area contributed by atoms with E-state index in [2.05, 4.69) is 48.6 Å². The zero-order valence-electron chi connectivity index (χ0n) is 10.2. The van der Waals surface area contributed by atoms with E-state index >= 15 is 0 Å². The molecule has 1 heteroatoms. The van der Waals surface area contributed by atoms with Crippen molar-refractivity contribution in [1.82, 2.24) is 0 Å². The average Bonchev–Trinajstić information content (AvgIpc) is 2.90. The average molecular weight is 242 g/mol. The Bertz CT molecular complexity index is 424. The van der Waals surface area contributed by atoms with Crippen molar-refractivity contribution in [3.63, 3.8) is 0 Å². The summed E-state index contributed by atoms with van der Waals surface area (Å²) in [5.41, 5.74) is 1.47. The second-order valence-corrected chi connectivity index (χ2v) is 7.40. The fraction of sp³-hybridized carbons (Fsp3) is 0.375. The molecule has 1 aliphatic carbocycles. The van der Waals surface area contributed by atoms with Gasteiger partial charge in [-0.15, -0.1) is 0 Å². The predicted molar refractivity (Wildman–Crippen MR) is 76.9 cm³/mol. The topological polar surface area (TPSA) is 0 Å². The van der Waals surface area contributed by atoms with E-state index in [1.54, 1.807) is 5.31 Å². The van der Waals surface area contributed by atoms with Crippen LogP contribution in [0, 0.1) is 0 Å². The molecule has 1 aliphatic heterocycles. The van der Waals surface area contributed by atoms with E-state index in [0.717, 1.165) is 0 Å². The molecular weight excluding hydrogens is 223 g/mol. The van der Waals surface area contributed by atoms with Gasteiger partial charge in [-0.1, -0.05) is 62.9 Å². The Morgan fingerprint density at radius 3 is 2.47 bits per heavy atom. The van der Waals surface area contributed by atoms with Gasteiger partial charge in [0, 0.05) is 5.92 Å². The van der Waals surface area contributed by atoms with Gasteiger partial charge in [-0.3, -0.25) is 0 Å². The fourth-order valence-corrected chi connectivity index (χ4v) is 5.74. The molecule has 0 radical (unpaired) electrons. The van der Waals surface area contributed by atoms with Crippen LogP contribution in [0.4, 0.5) is 0 Å². The molecule has 0 saturated carbocycles. The Balaban J connectivity index is 1.81. The summed E-state index contributed by atoms with van der Waals surface area (Å²) in [7, 11) is 0.163. The quantitative estimate of drug-likeness (QED) is 0.648. The lowest BCUT2D eigenvalue weighted by Gasteiger charge is -2.27. The first kappa shape index (κ1) is 11.2. The molecule has 2 aliphatic rings. The monoisotopic (exact) mass is 242 g/mol. The van der Waals surface area contributed by atoms with Crippen LogP contribution in [-0.4, -0.2) is 12.3 Å². The maximum Gasteiger partial charge on any atom is 0.0277 e. The van der Waals surface area contributed by atoms with Gasteiger partial charge in [-0.2, -0.15) is 0 Å². The molecule has 1 aromatic rings.